The molecule has 3 rings (SSSR count). The van der Waals surface area contributed by atoms with Gasteiger partial charge in [0.25, 0.3) is 10.0 Å². The third-order valence-electron chi connectivity index (χ3n) is 3.29. The van der Waals surface area contributed by atoms with Crippen molar-refractivity contribution in [3.05, 3.63) is 29.8 Å². The monoisotopic (exact) mass is 344 g/mol. The molecule has 0 spiro atoms. The molecule has 7 heteroatoms. The number of hydrogen-bond donors (Lipinski definition) is 0. The van der Waals surface area contributed by atoms with Crippen LogP contribution in [0, 0.1) is 0 Å². The van der Waals surface area contributed by atoms with Crippen molar-refractivity contribution in [2.75, 3.05) is 25.1 Å². The first-order chi connectivity index (χ1) is 9.13. The van der Waals surface area contributed by atoms with E-state index < -0.39 is 10.0 Å². The van der Waals surface area contributed by atoms with Crippen molar-refractivity contribution in [3.63, 3.8) is 0 Å². The van der Waals surface area contributed by atoms with Gasteiger partial charge in [0, 0.05) is 17.4 Å². The van der Waals surface area contributed by atoms with Crippen molar-refractivity contribution in [1.29, 1.82) is 0 Å². The summed E-state index contributed by atoms with van der Waals surface area (Å²) in [4.78, 5) is 2.31. The van der Waals surface area contributed by atoms with Crippen molar-refractivity contribution < 1.29 is 13.2 Å². The van der Waals surface area contributed by atoms with Crippen LogP contribution in [0.2, 0.25) is 0 Å². The first kappa shape index (κ1) is 13.1. The highest BCUT2D eigenvalue weighted by Crippen LogP contribution is 2.29. The number of halogens is 1. The molecule has 1 fully saturated rings. The van der Waals surface area contributed by atoms with E-state index in [1.165, 1.54) is 0 Å². The van der Waals surface area contributed by atoms with Gasteiger partial charge in [-0.2, -0.15) is 8.42 Å². The van der Waals surface area contributed by atoms with E-state index in [2.05, 4.69) is 20.3 Å². The minimum atomic E-state index is -3.55. The Morgan fingerprint density at radius 2 is 2.21 bits per heavy atom. The van der Waals surface area contributed by atoms with Crippen LogP contribution < -0.4 is 0 Å². The molecule has 0 aromatic heterocycles. The highest BCUT2D eigenvalue weighted by molar-refractivity contribution is 9.09. The van der Waals surface area contributed by atoms with Gasteiger partial charge in [-0.15, -0.1) is 4.40 Å². The van der Waals surface area contributed by atoms with Crippen molar-refractivity contribution >= 4 is 31.8 Å². The van der Waals surface area contributed by atoms with Crippen LogP contribution in [-0.4, -0.2) is 50.3 Å². The van der Waals surface area contributed by atoms with E-state index in [1.54, 1.807) is 18.2 Å². The zero-order chi connectivity index (χ0) is 13.5. The molecule has 1 aromatic rings. The van der Waals surface area contributed by atoms with E-state index in [9.17, 15) is 8.42 Å². The second-order valence-electron chi connectivity index (χ2n) is 4.46. The fraction of sp³-hybridized carbons (Fsp3) is 0.417. The predicted molar refractivity (Wildman–Crippen MR) is 75.3 cm³/mol. The molecule has 102 valence electrons. The van der Waals surface area contributed by atoms with Gasteiger partial charge < -0.3 is 9.64 Å². The summed E-state index contributed by atoms with van der Waals surface area (Å²) in [5.41, 5.74) is 0.690. The minimum Gasteiger partial charge on any atom is -0.377 e. The Bertz CT molecular complexity index is 630. The number of hydrogen-bond acceptors (Lipinski definition) is 4. The molecule has 1 aromatic carbocycles. The van der Waals surface area contributed by atoms with Gasteiger partial charge in [0.2, 0.25) is 0 Å². The number of ether oxygens (including phenoxy) is 1. The van der Waals surface area contributed by atoms with E-state index in [0.29, 0.717) is 41.4 Å². The van der Waals surface area contributed by atoms with Gasteiger partial charge in [-0.05, 0) is 12.1 Å². The summed E-state index contributed by atoms with van der Waals surface area (Å²) < 4.78 is 33.5. The van der Waals surface area contributed by atoms with Crippen molar-refractivity contribution in [2.24, 2.45) is 4.40 Å². The summed E-state index contributed by atoms with van der Waals surface area (Å²) in [5, 5.41) is 0.717. The SMILES string of the molecule is O=S1(=O)N=C(N2CCOCC2CBr)c2ccccc21. The standard InChI is InChI=1S/C12H13BrN2O3S/c13-7-9-8-18-6-5-15(9)12-10-3-1-2-4-11(10)19(16,17)14-12/h1-4,9H,5-8H2. The molecular weight excluding hydrogens is 332 g/mol. The lowest BCUT2D eigenvalue weighted by Crippen LogP contribution is -2.49. The summed E-state index contributed by atoms with van der Waals surface area (Å²) in [5.74, 6) is 0.545. The van der Waals surface area contributed by atoms with Crippen LogP contribution in [0.5, 0.6) is 0 Å². The van der Waals surface area contributed by atoms with Crippen molar-refractivity contribution in [3.8, 4) is 0 Å². The van der Waals surface area contributed by atoms with E-state index in [-0.39, 0.29) is 6.04 Å². The molecule has 0 aliphatic carbocycles. The summed E-state index contributed by atoms with van der Waals surface area (Å²) in [6.07, 6.45) is 0. The first-order valence-corrected chi connectivity index (χ1v) is 8.54. The Hall–Kier alpha value is -0.920. The molecule has 1 saturated heterocycles. The van der Waals surface area contributed by atoms with Gasteiger partial charge >= 0.3 is 0 Å². The number of rotatable bonds is 1. The van der Waals surface area contributed by atoms with E-state index in [4.69, 9.17) is 4.74 Å². The maximum absolute atomic E-state index is 12.0. The molecule has 0 radical (unpaired) electrons. The molecule has 1 unspecified atom stereocenters. The number of morpholine rings is 1. The molecule has 2 aliphatic heterocycles. The van der Waals surface area contributed by atoms with Crippen LogP contribution in [0.25, 0.3) is 0 Å². The first-order valence-electron chi connectivity index (χ1n) is 5.98. The Morgan fingerprint density at radius 3 is 3.00 bits per heavy atom. The molecule has 19 heavy (non-hydrogen) atoms. The lowest BCUT2D eigenvalue weighted by molar-refractivity contribution is 0.0357. The Balaban J connectivity index is 2.06. The van der Waals surface area contributed by atoms with E-state index in [0.717, 1.165) is 0 Å². The van der Waals surface area contributed by atoms with E-state index >= 15 is 0 Å². The number of alkyl halides is 1. The Labute approximate surface area is 120 Å². The van der Waals surface area contributed by atoms with Gasteiger partial charge in [0.15, 0.2) is 5.84 Å². The van der Waals surface area contributed by atoms with Crippen LogP contribution in [0.15, 0.2) is 33.6 Å². The lowest BCUT2D eigenvalue weighted by atomic mass is 10.1. The topological polar surface area (TPSA) is 59.0 Å². The van der Waals surface area contributed by atoms with Crippen molar-refractivity contribution in [2.45, 2.75) is 10.9 Å². The quantitative estimate of drug-likeness (QED) is 0.719. The normalized spacial score (nSPS) is 25.0. The molecule has 1 atom stereocenters. The number of sulfonamides is 1. The predicted octanol–water partition coefficient (Wildman–Crippen LogP) is 1.23. The third kappa shape index (κ3) is 2.19. The van der Waals surface area contributed by atoms with Gasteiger partial charge in [-0.1, -0.05) is 28.1 Å². The molecule has 2 heterocycles. The lowest BCUT2D eigenvalue weighted by Gasteiger charge is -2.36. The second-order valence-corrected chi connectivity index (χ2v) is 6.68. The maximum Gasteiger partial charge on any atom is 0.285 e. The summed E-state index contributed by atoms with van der Waals surface area (Å²) in [6.45, 7) is 1.82. The largest absolute Gasteiger partial charge is 0.377 e. The number of nitrogens with zero attached hydrogens (tertiary/aromatic N) is 2. The average Bonchev–Trinajstić information content (AvgIpc) is 2.71. The fourth-order valence-electron chi connectivity index (χ4n) is 2.36. The van der Waals surface area contributed by atoms with Gasteiger partial charge in [0.1, 0.15) is 4.90 Å². The second kappa shape index (κ2) is 4.88. The maximum atomic E-state index is 12.0. The molecule has 0 saturated carbocycles. The smallest absolute Gasteiger partial charge is 0.285 e. The van der Waals surface area contributed by atoms with Gasteiger partial charge in [-0.25, -0.2) is 0 Å². The average molecular weight is 345 g/mol. The Morgan fingerprint density at radius 1 is 1.42 bits per heavy atom. The molecule has 0 bridgehead atoms. The number of amidine groups is 1. The molecular formula is C12H13BrN2O3S. The van der Waals surface area contributed by atoms with Crippen LogP contribution in [-0.2, 0) is 14.8 Å². The summed E-state index contributed by atoms with van der Waals surface area (Å²) in [7, 11) is -3.55. The number of fused-ring (bicyclic) bond motifs is 1. The van der Waals surface area contributed by atoms with Gasteiger partial charge in [-0.3, -0.25) is 0 Å². The van der Waals surface area contributed by atoms with Crippen LogP contribution in [0.1, 0.15) is 5.56 Å². The van der Waals surface area contributed by atoms with E-state index in [1.807, 2.05) is 11.0 Å². The van der Waals surface area contributed by atoms with Gasteiger partial charge in [0.05, 0.1) is 19.3 Å². The summed E-state index contributed by atoms with van der Waals surface area (Å²) >= 11 is 3.44. The molecule has 0 N–H and O–H groups in total. The number of benzene rings is 1. The summed E-state index contributed by atoms with van der Waals surface area (Å²) in [6, 6.07) is 7.06. The molecule has 0 amide bonds. The highest BCUT2D eigenvalue weighted by Gasteiger charge is 2.35. The highest BCUT2D eigenvalue weighted by atomic mass is 79.9. The third-order valence-corrected chi connectivity index (χ3v) is 5.36. The van der Waals surface area contributed by atoms with Crippen LogP contribution in [0.3, 0.4) is 0 Å². The zero-order valence-corrected chi connectivity index (χ0v) is 12.5. The van der Waals surface area contributed by atoms with Crippen molar-refractivity contribution in [1.82, 2.24) is 4.90 Å². The minimum absolute atomic E-state index is 0.105. The van der Waals surface area contributed by atoms with Crippen LogP contribution in [0.4, 0.5) is 0 Å². The Kier molecular flexibility index (Phi) is 3.36. The fourth-order valence-corrected chi connectivity index (χ4v) is 4.11. The molecule has 5 nitrogen and oxygen atoms in total. The van der Waals surface area contributed by atoms with Crippen LogP contribution >= 0.6 is 15.9 Å². The molecule has 2 aliphatic rings. The zero-order valence-electron chi connectivity index (χ0n) is 10.1.